The molecule has 9 heteroatoms. The molecule has 33 heavy (non-hydrogen) atoms. The minimum atomic E-state index is 0.264. The zero-order chi connectivity index (χ0) is 22.9. The summed E-state index contributed by atoms with van der Waals surface area (Å²) in [5.74, 6) is 1.27. The van der Waals surface area contributed by atoms with Crippen molar-refractivity contribution >= 4 is 50.6 Å². The first-order chi connectivity index (χ1) is 16.0. The normalized spacial score (nSPS) is 16.5. The summed E-state index contributed by atoms with van der Waals surface area (Å²) >= 11 is 5.44. The van der Waals surface area contributed by atoms with E-state index in [-0.39, 0.29) is 5.91 Å². The molecule has 2 aromatic heterocycles. The molecule has 0 bridgehead atoms. The number of nitrogens with zero attached hydrogens (tertiary/aromatic N) is 5. The van der Waals surface area contributed by atoms with Gasteiger partial charge >= 0.3 is 0 Å². The number of imidazole rings is 1. The number of hydrogen-bond donors (Lipinski definition) is 1. The van der Waals surface area contributed by atoms with Crippen molar-refractivity contribution in [2.45, 2.75) is 68.5 Å². The van der Waals surface area contributed by atoms with Crippen molar-refractivity contribution in [3.8, 4) is 0 Å². The van der Waals surface area contributed by atoms with Crippen molar-refractivity contribution in [1.29, 1.82) is 0 Å². The van der Waals surface area contributed by atoms with E-state index in [9.17, 15) is 4.79 Å². The quantitative estimate of drug-likeness (QED) is 0.491. The number of hydrogen-bond acceptors (Lipinski definition) is 6. The van der Waals surface area contributed by atoms with Gasteiger partial charge in [0, 0.05) is 35.4 Å². The topological polar surface area (TPSA) is 89.9 Å². The van der Waals surface area contributed by atoms with Gasteiger partial charge in [-0.3, -0.25) is 4.79 Å². The highest BCUT2D eigenvalue weighted by atomic mass is 79.9. The number of carbonyl (C=O) groups is 1. The Morgan fingerprint density at radius 2 is 1.97 bits per heavy atom. The van der Waals surface area contributed by atoms with Gasteiger partial charge in [0.05, 0.1) is 0 Å². The van der Waals surface area contributed by atoms with E-state index < -0.39 is 0 Å². The van der Waals surface area contributed by atoms with Crippen LogP contribution >= 0.6 is 27.7 Å². The minimum absolute atomic E-state index is 0.264. The molecule has 174 valence electrons. The van der Waals surface area contributed by atoms with Crippen molar-refractivity contribution in [1.82, 2.24) is 24.4 Å². The molecule has 1 aliphatic heterocycles. The summed E-state index contributed by atoms with van der Waals surface area (Å²) in [6.45, 7) is 4.48. The summed E-state index contributed by atoms with van der Waals surface area (Å²) in [7, 11) is 0. The van der Waals surface area contributed by atoms with E-state index in [4.69, 9.17) is 10.7 Å². The van der Waals surface area contributed by atoms with Gasteiger partial charge in [-0.05, 0) is 83.6 Å². The van der Waals surface area contributed by atoms with Crippen LogP contribution in [-0.2, 0) is 24.2 Å². The molecule has 1 saturated heterocycles. The molecule has 0 unspecified atom stereocenters. The third-order valence-corrected chi connectivity index (χ3v) is 8.87. The van der Waals surface area contributed by atoms with Gasteiger partial charge in [0.25, 0.3) is 0 Å². The number of rotatable bonds is 6. The first-order valence-corrected chi connectivity index (χ1v) is 13.4. The van der Waals surface area contributed by atoms with E-state index in [1.54, 1.807) is 11.8 Å². The van der Waals surface area contributed by atoms with Gasteiger partial charge in [0.15, 0.2) is 22.1 Å². The fourth-order valence-corrected chi connectivity index (χ4v) is 6.58. The average molecular weight is 530 g/mol. The minimum Gasteiger partial charge on any atom is -0.382 e. The second kappa shape index (κ2) is 9.62. The van der Waals surface area contributed by atoms with Gasteiger partial charge < -0.3 is 15.2 Å². The van der Waals surface area contributed by atoms with Gasteiger partial charge in [-0.25, -0.2) is 15.0 Å². The molecule has 1 aromatic carbocycles. The van der Waals surface area contributed by atoms with Gasteiger partial charge in [-0.2, -0.15) is 0 Å². The Hall–Kier alpha value is -2.13. The highest BCUT2D eigenvalue weighted by molar-refractivity contribution is 9.10. The van der Waals surface area contributed by atoms with Crippen LogP contribution in [0.1, 0.15) is 50.2 Å². The molecule has 1 aliphatic carbocycles. The average Bonchev–Trinajstić information content (AvgIpc) is 3.42. The van der Waals surface area contributed by atoms with Gasteiger partial charge in [-0.1, -0.05) is 18.7 Å². The number of benzene rings is 1. The van der Waals surface area contributed by atoms with Crippen molar-refractivity contribution in [3.05, 3.63) is 34.1 Å². The predicted octanol–water partition coefficient (Wildman–Crippen LogP) is 4.85. The molecule has 0 radical (unpaired) electrons. The third-order valence-electron chi connectivity index (χ3n) is 6.90. The highest BCUT2D eigenvalue weighted by Gasteiger charge is 2.24. The lowest BCUT2D eigenvalue weighted by atomic mass is 9.93. The van der Waals surface area contributed by atoms with Gasteiger partial charge in [0.2, 0.25) is 5.91 Å². The molecular weight excluding hydrogens is 500 g/mol. The lowest BCUT2D eigenvalue weighted by Gasteiger charge is -2.32. The second-order valence-corrected chi connectivity index (χ2v) is 10.8. The lowest BCUT2D eigenvalue weighted by molar-refractivity contribution is -0.132. The number of carbonyl (C=O) groups excluding carboxylic acids is 1. The standard InChI is InChI=1S/C24H29BrN6OS/c1-2-20(32)30-9-6-15(7-10-30)8-11-31-23-21(22(26)27-14-28-23)29-24(31)33-19-13-17-5-3-4-16(17)12-18(19)25/h12-15H,2-11H2,1H3,(H2,26,27,28). The molecule has 1 fully saturated rings. The molecule has 2 N–H and O–H groups in total. The van der Waals surface area contributed by atoms with Crippen LogP contribution in [0, 0.1) is 5.92 Å². The van der Waals surface area contributed by atoms with Gasteiger partial charge in [0.1, 0.15) is 6.33 Å². The first-order valence-electron chi connectivity index (χ1n) is 11.8. The van der Waals surface area contributed by atoms with E-state index in [1.807, 2.05) is 11.8 Å². The summed E-state index contributed by atoms with van der Waals surface area (Å²) in [4.78, 5) is 28.7. The third kappa shape index (κ3) is 4.62. The van der Waals surface area contributed by atoms with Crippen molar-refractivity contribution in [2.75, 3.05) is 18.8 Å². The monoisotopic (exact) mass is 528 g/mol. The second-order valence-electron chi connectivity index (χ2n) is 8.95. The number of fused-ring (bicyclic) bond motifs is 2. The Kier molecular flexibility index (Phi) is 6.60. The van der Waals surface area contributed by atoms with Crippen LogP contribution in [0.4, 0.5) is 5.82 Å². The van der Waals surface area contributed by atoms with Crippen molar-refractivity contribution in [2.24, 2.45) is 5.92 Å². The van der Waals surface area contributed by atoms with Crippen LogP contribution in [0.5, 0.6) is 0 Å². The number of likely N-dealkylation sites (tertiary alicyclic amines) is 1. The van der Waals surface area contributed by atoms with E-state index in [0.717, 1.165) is 67.0 Å². The maximum atomic E-state index is 12.0. The first kappa shape index (κ1) is 22.7. The molecule has 1 amide bonds. The summed E-state index contributed by atoms with van der Waals surface area (Å²) in [5, 5.41) is 0.898. The van der Waals surface area contributed by atoms with E-state index in [2.05, 4.69) is 42.6 Å². The van der Waals surface area contributed by atoms with Gasteiger partial charge in [-0.15, -0.1) is 0 Å². The fourth-order valence-electron chi connectivity index (χ4n) is 4.97. The summed E-state index contributed by atoms with van der Waals surface area (Å²) in [6, 6.07) is 4.56. The Labute approximate surface area is 206 Å². The molecule has 0 atom stereocenters. The number of nitrogen functional groups attached to an aromatic ring is 1. The number of aromatic nitrogens is 4. The summed E-state index contributed by atoms with van der Waals surface area (Å²) in [6.07, 6.45) is 8.76. The zero-order valence-electron chi connectivity index (χ0n) is 18.9. The van der Waals surface area contributed by atoms with Crippen LogP contribution in [0.2, 0.25) is 0 Å². The summed E-state index contributed by atoms with van der Waals surface area (Å²) < 4.78 is 3.31. The van der Waals surface area contributed by atoms with Crippen LogP contribution < -0.4 is 5.73 Å². The summed E-state index contributed by atoms with van der Waals surface area (Å²) in [5.41, 5.74) is 10.5. The smallest absolute Gasteiger partial charge is 0.222 e. The molecular formula is C24H29BrN6OS. The van der Waals surface area contributed by atoms with E-state index in [0.29, 0.717) is 23.7 Å². The maximum absolute atomic E-state index is 12.0. The SMILES string of the molecule is CCC(=O)N1CCC(CCn2c(Sc3cc4c(cc3Br)CCC4)nc3c(N)ncnc32)CC1. The Balaban J connectivity index is 1.38. The van der Waals surface area contributed by atoms with Crippen LogP contribution in [-0.4, -0.2) is 43.4 Å². The number of amides is 1. The van der Waals surface area contributed by atoms with Crippen molar-refractivity contribution in [3.63, 3.8) is 0 Å². The van der Waals surface area contributed by atoms with Crippen LogP contribution in [0.15, 0.2) is 33.0 Å². The zero-order valence-corrected chi connectivity index (χ0v) is 21.3. The molecule has 3 heterocycles. The van der Waals surface area contributed by atoms with E-state index in [1.165, 1.54) is 28.8 Å². The van der Waals surface area contributed by atoms with Crippen LogP contribution in [0.25, 0.3) is 11.2 Å². The number of nitrogens with two attached hydrogens (primary N) is 1. The molecule has 7 nitrogen and oxygen atoms in total. The number of piperidine rings is 1. The number of halogens is 1. The fraction of sp³-hybridized carbons (Fsp3) is 0.500. The maximum Gasteiger partial charge on any atom is 0.222 e. The molecule has 0 spiro atoms. The number of anilines is 1. The van der Waals surface area contributed by atoms with E-state index >= 15 is 0 Å². The Morgan fingerprint density at radius 1 is 1.21 bits per heavy atom. The molecule has 3 aromatic rings. The Morgan fingerprint density at radius 3 is 2.73 bits per heavy atom. The predicted molar refractivity (Wildman–Crippen MR) is 134 cm³/mol. The lowest BCUT2D eigenvalue weighted by Crippen LogP contribution is -2.38. The highest BCUT2D eigenvalue weighted by Crippen LogP contribution is 2.39. The Bertz CT molecular complexity index is 1190. The molecule has 5 rings (SSSR count). The molecule has 2 aliphatic rings. The molecule has 0 saturated carbocycles. The van der Waals surface area contributed by atoms with Crippen LogP contribution in [0.3, 0.4) is 0 Å². The largest absolute Gasteiger partial charge is 0.382 e. The number of aryl methyl sites for hydroxylation is 3. The van der Waals surface area contributed by atoms with Crippen molar-refractivity contribution < 1.29 is 4.79 Å².